The van der Waals surface area contributed by atoms with Gasteiger partial charge in [0.15, 0.2) is 0 Å². The van der Waals surface area contributed by atoms with Crippen LogP contribution in [0.3, 0.4) is 0 Å². The molecule has 2 amide bonds. The van der Waals surface area contributed by atoms with E-state index in [-0.39, 0.29) is 29.3 Å². The summed E-state index contributed by atoms with van der Waals surface area (Å²) in [7, 11) is 3.85. The third-order valence-corrected chi connectivity index (χ3v) is 6.49. The van der Waals surface area contributed by atoms with Crippen LogP contribution in [-0.4, -0.2) is 55.0 Å². The van der Waals surface area contributed by atoms with Gasteiger partial charge in [0.1, 0.15) is 5.75 Å². The number of aromatic hydroxyl groups is 1. The van der Waals surface area contributed by atoms with Crippen molar-refractivity contribution in [2.24, 2.45) is 4.99 Å². The smallest absolute Gasteiger partial charge is 0.319 e. The standard InChI is InChI=1S/C23H28N4O2/c1-23-10-11-27(3)20(12-16-6-9-18(28)13-19(16)23)21(23)26-22(29)25-17-7-4-15(5-8-17)14-24-2/h4-9,13-14,20-21,28H,10-12H2,1-3H3,(H2,25,26,29)/t20-,21+,23+/m1/s1. The molecule has 1 aliphatic heterocycles. The molecule has 29 heavy (non-hydrogen) atoms. The number of likely N-dealkylation sites (tertiary alicyclic amines) is 1. The first-order chi connectivity index (χ1) is 13.9. The molecule has 4 rings (SSSR count). The lowest BCUT2D eigenvalue weighted by molar-refractivity contribution is 0.0718. The molecule has 3 atom stereocenters. The largest absolute Gasteiger partial charge is 0.508 e. The molecule has 0 saturated carbocycles. The molecule has 0 unspecified atom stereocenters. The molecule has 152 valence electrons. The molecule has 2 aromatic rings. The molecular weight excluding hydrogens is 364 g/mol. The minimum atomic E-state index is -0.220. The van der Waals surface area contributed by atoms with Crippen LogP contribution in [0.4, 0.5) is 10.5 Å². The van der Waals surface area contributed by atoms with Crippen LogP contribution in [0.15, 0.2) is 47.5 Å². The fourth-order valence-corrected chi connectivity index (χ4v) is 4.85. The summed E-state index contributed by atoms with van der Waals surface area (Å²) >= 11 is 0. The minimum Gasteiger partial charge on any atom is -0.508 e. The Labute approximate surface area is 171 Å². The first kappa shape index (κ1) is 19.5. The Balaban J connectivity index is 1.56. The number of phenolic OH excluding ortho intramolecular Hbond substituents is 1. The highest BCUT2D eigenvalue weighted by Crippen LogP contribution is 2.45. The quantitative estimate of drug-likeness (QED) is 0.703. The van der Waals surface area contributed by atoms with Gasteiger partial charge in [-0.15, -0.1) is 0 Å². The van der Waals surface area contributed by atoms with E-state index in [1.807, 2.05) is 36.4 Å². The molecule has 1 aliphatic carbocycles. The predicted molar refractivity (Wildman–Crippen MR) is 116 cm³/mol. The molecule has 3 N–H and O–H groups in total. The van der Waals surface area contributed by atoms with E-state index < -0.39 is 0 Å². The number of nitrogens with zero attached hydrogens (tertiary/aromatic N) is 2. The number of nitrogens with one attached hydrogen (secondary N) is 2. The number of benzene rings is 2. The Hall–Kier alpha value is -2.86. The van der Waals surface area contributed by atoms with Crippen molar-refractivity contribution in [1.82, 2.24) is 10.2 Å². The van der Waals surface area contributed by atoms with Crippen molar-refractivity contribution in [1.29, 1.82) is 0 Å². The van der Waals surface area contributed by atoms with E-state index in [2.05, 4.69) is 34.5 Å². The maximum atomic E-state index is 12.8. The van der Waals surface area contributed by atoms with Crippen LogP contribution in [-0.2, 0) is 11.8 Å². The molecule has 0 spiro atoms. The summed E-state index contributed by atoms with van der Waals surface area (Å²) in [5, 5.41) is 16.2. The number of hydrogen-bond acceptors (Lipinski definition) is 4. The zero-order chi connectivity index (χ0) is 20.6. The van der Waals surface area contributed by atoms with Gasteiger partial charge in [0.05, 0.1) is 6.04 Å². The molecular formula is C23H28N4O2. The van der Waals surface area contributed by atoms with Crippen molar-refractivity contribution in [2.45, 2.75) is 37.3 Å². The average Bonchev–Trinajstić information content (AvgIpc) is 2.69. The Morgan fingerprint density at radius 2 is 2.03 bits per heavy atom. The maximum Gasteiger partial charge on any atom is 0.319 e. The van der Waals surface area contributed by atoms with Crippen LogP contribution in [0.5, 0.6) is 5.75 Å². The van der Waals surface area contributed by atoms with Crippen LogP contribution in [0.1, 0.15) is 30.0 Å². The third-order valence-electron chi connectivity index (χ3n) is 6.49. The second-order valence-corrected chi connectivity index (χ2v) is 8.35. The van der Waals surface area contributed by atoms with Gasteiger partial charge in [0.2, 0.25) is 0 Å². The molecule has 2 aliphatic rings. The van der Waals surface area contributed by atoms with Crippen molar-refractivity contribution in [3.63, 3.8) is 0 Å². The van der Waals surface area contributed by atoms with E-state index in [1.165, 1.54) is 5.56 Å². The highest BCUT2D eigenvalue weighted by Gasteiger charge is 2.50. The van der Waals surface area contributed by atoms with Gasteiger partial charge >= 0.3 is 6.03 Å². The normalized spacial score (nSPS) is 26.2. The SMILES string of the molecule is CN=Cc1ccc(NC(=O)N[C@H]2[C@H]3Cc4ccc(O)cc4[C@]2(C)CCN3C)cc1. The van der Waals surface area contributed by atoms with E-state index in [1.54, 1.807) is 19.3 Å². The summed E-state index contributed by atoms with van der Waals surface area (Å²) < 4.78 is 0. The number of rotatable bonds is 3. The summed E-state index contributed by atoms with van der Waals surface area (Å²) in [6.07, 6.45) is 3.56. The van der Waals surface area contributed by atoms with Gasteiger partial charge in [0, 0.05) is 30.4 Å². The highest BCUT2D eigenvalue weighted by atomic mass is 16.3. The lowest BCUT2D eigenvalue weighted by Crippen LogP contribution is -2.67. The maximum absolute atomic E-state index is 12.8. The number of likely N-dealkylation sites (N-methyl/N-ethyl adjacent to an activating group) is 1. The fourth-order valence-electron chi connectivity index (χ4n) is 4.85. The number of carbonyl (C=O) groups is 1. The van der Waals surface area contributed by atoms with Crippen molar-refractivity contribution in [2.75, 3.05) is 26.0 Å². The Morgan fingerprint density at radius 1 is 1.28 bits per heavy atom. The molecule has 1 saturated heterocycles. The van der Waals surface area contributed by atoms with Crippen molar-refractivity contribution < 1.29 is 9.90 Å². The molecule has 1 fully saturated rings. The summed E-state index contributed by atoms with van der Waals surface area (Å²) in [5.74, 6) is 0.279. The number of anilines is 1. The van der Waals surface area contributed by atoms with Gasteiger partial charge < -0.3 is 20.6 Å². The monoisotopic (exact) mass is 392 g/mol. The number of hydrogen-bond donors (Lipinski definition) is 3. The topological polar surface area (TPSA) is 77.0 Å². The number of phenols is 1. The number of carbonyl (C=O) groups excluding carboxylic acids is 1. The molecule has 2 bridgehead atoms. The van der Waals surface area contributed by atoms with Crippen LogP contribution in [0.25, 0.3) is 0 Å². The number of piperidine rings is 1. The second-order valence-electron chi connectivity index (χ2n) is 8.35. The molecule has 1 heterocycles. The first-order valence-corrected chi connectivity index (χ1v) is 10.0. The zero-order valence-electron chi connectivity index (χ0n) is 17.1. The number of urea groups is 1. The van der Waals surface area contributed by atoms with Gasteiger partial charge in [-0.1, -0.05) is 25.1 Å². The van der Waals surface area contributed by atoms with Gasteiger partial charge in [0.25, 0.3) is 0 Å². The number of aliphatic imine (C=N–C) groups is 1. The zero-order valence-corrected chi connectivity index (χ0v) is 17.1. The first-order valence-electron chi connectivity index (χ1n) is 10.0. The molecule has 0 aromatic heterocycles. The predicted octanol–water partition coefficient (Wildman–Crippen LogP) is 3.15. The van der Waals surface area contributed by atoms with Gasteiger partial charge in [-0.25, -0.2) is 4.79 Å². The Bertz CT molecular complexity index is 940. The third kappa shape index (κ3) is 3.60. The van der Waals surface area contributed by atoms with Crippen molar-refractivity contribution in [3.05, 3.63) is 59.2 Å². The summed E-state index contributed by atoms with van der Waals surface area (Å²) in [4.78, 5) is 19.2. The van der Waals surface area contributed by atoms with E-state index in [0.717, 1.165) is 36.2 Å². The number of amides is 2. The lowest BCUT2D eigenvalue weighted by Gasteiger charge is -2.54. The van der Waals surface area contributed by atoms with Crippen LogP contribution < -0.4 is 10.6 Å². The van der Waals surface area contributed by atoms with Crippen molar-refractivity contribution >= 4 is 17.9 Å². The Kier molecular flexibility index (Phi) is 5.04. The van der Waals surface area contributed by atoms with Crippen LogP contribution >= 0.6 is 0 Å². The van der Waals surface area contributed by atoms with Crippen molar-refractivity contribution in [3.8, 4) is 5.75 Å². The van der Waals surface area contributed by atoms with Gasteiger partial charge in [-0.05, 0) is 67.4 Å². The van der Waals surface area contributed by atoms with Gasteiger partial charge in [-0.3, -0.25) is 4.99 Å². The molecule has 6 nitrogen and oxygen atoms in total. The summed E-state index contributed by atoms with van der Waals surface area (Å²) in [5.41, 5.74) is 3.92. The van der Waals surface area contributed by atoms with E-state index in [9.17, 15) is 9.90 Å². The van der Waals surface area contributed by atoms with Crippen LogP contribution in [0, 0.1) is 0 Å². The fraction of sp³-hybridized carbons (Fsp3) is 0.391. The Morgan fingerprint density at radius 3 is 2.76 bits per heavy atom. The second kappa shape index (κ2) is 7.52. The molecule has 0 radical (unpaired) electrons. The molecule has 6 heteroatoms. The molecule has 2 aromatic carbocycles. The minimum absolute atomic E-state index is 0.0398. The lowest BCUT2D eigenvalue weighted by atomic mass is 9.61. The van der Waals surface area contributed by atoms with E-state index in [4.69, 9.17) is 0 Å². The van der Waals surface area contributed by atoms with E-state index >= 15 is 0 Å². The van der Waals surface area contributed by atoms with E-state index in [0.29, 0.717) is 0 Å². The average molecular weight is 393 g/mol. The van der Waals surface area contributed by atoms with Gasteiger partial charge in [-0.2, -0.15) is 0 Å². The highest BCUT2D eigenvalue weighted by molar-refractivity contribution is 5.90. The number of fused-ring (bicyclic) bond motifs is 4. The summed E-state index contributed by atoms with van der Waals surface area (Å²) in [6.45, 7) is 3.17. The summed E-state index contributed by atoms with van der Waals surface area (Å²) in [6, 6.07) is 13.2. The van der Waals surface area contributed by atoms with Crippen LogP contribution in [0.2, 0.25) is 0 Å².